The molecule has 4 rings (SSSR count). The lowest BCUT2D eigenvalue weighted by molar-refractivity contribution is -0.137. The van der Waals surface area contributed by atoms with Gasteiger partial charge in [-0.1, -0.05) is 31.4 Å². The van der Waals surface area contributed by atoms with Crippen molar-refractivity contribution in [3.8, 4) is 0 Å². The number of nitrogens with one attached hydrogen (secondary N) is 2. The van der Waals surface area contributed by atoms with Crippen LogP contribution >= 0.6 is 0 Å². The highest BCUT2D eigenvalue weighted by Gasteiger charge is 2.30. The molecule has 2 aromatic carbocycles. The van der Waals surface area contributed by atoms with Crippen molar-refractivity contribution in [2.24, 2.45) is 4.99 Å². The Morgan fingerprint density at radius 3 is 2.34 bits per heavy atom. The first-order chi connectivity index (χ1) is 18.1. The maximum atomic E-state index is 14.4. The van der Waals surface area contributed by atoms with Crippen molar-refractivity contribution in [2.75, 3.05) is 13.6 Å². The highest BCUT2D eigenvalue weighted by Crippen LogP contribution is 2.31. The Morgan fingerprint density at radius 1 is 1.00 bits per heavy atom. The maximum Gasteiger partial charge on any atom is 0.416 e. The number of nitrogens with zero attached hydrogens (tertiary/aromatic N) is 2. The number of carbonyl (C=O) groups excluding carboxylic acids is 1. The quantitative estimate of drug-likeness (QED) is 0.273. The predicted molar refractivity (Wildman–Crippen MR) is 141 cm³/mol. The Bertz CT molecular complexity index is 1130. The van der Waals surface area contributed by atoms with Gasteiger partial charge < -0.3 is 5.32 Å². The molecule has 0 aromatic heterocycles. The van der Waals surface area contributed by atoms with Crippen LogP contribution in [0, 0.1) is 12.7 Å². The number of rotatable bonds is 4. The average molecular weight is 533 g/mol. The number of guanidine groups is 1. The Kier molecular flexibility index (Phi) is 9.07. The van der Waals surface area contributed by atoms with E-state index in [1.807, 2.05) is 13.1 Å². The topological polar surface area (TPSA) is 56.7 Å². The first kappa shape index (κ1) is 28.1. The molecule has 2 N–H and O–H groups in total. The van der Waals surface area contributed by atoms with Crippen molar-refractivity contribution in [3.63, 3.8) is 0 Å². The van der Waals surface area contributed by atoms with Gasteiger partial charge in [0.05, 0.1) is 11.6 Å². The second-order valence-electron chi connectivity index (χ2n) is 10.5. The fraction of sp³-hybridized carbons (Fsp3) is 0.517. The van der Waals surface area contributed by atoms with Crippen molar-refractivity contribution >= 4 is 11.9 Å². The van der Waals surface area contributed by atoms with E-state index >= 15 is 0 Å². The Hall–Kier alpha value is -2.94. The number of aliphatic imine (C=N–C) groups is 1. The third-order valence-corrected chi connectivity index (χ3v) is 7.62. The van der Waals surface area contributed by atoms with E-state index in [0.717, 1.165) is 69.2 Å². The van der Waals surface area contributed by atoms with Crippen LogP contribution in [0.25, 0.3) is 0 Å². The number of benzene rings is 2. The molecule has 0 bridgehead atoms. The van der Waals surface area contributed by atoms with Gasteiger partial charge in [0, 0.05) is 17.6 Å². The highest BCUT2D eigenvalue weighted by molar-refractivity contribution is 6.05. The van der Waals surface area contributed by atoms with Crippen LogP contribution in [0.5, 0.6) is 0 Å². The Labute approximate surface area is 221 Å². The van der Waals surface area contributed by atoms with E-state index in [1.165, 1.54) is 12.1 Å². The van der Waals surface area contributed by atoms with Crippen LogP contribution in [-0.4, -0.2) is 42.4 Å². The van der Waals surface area contributed by atoms with Crippen molar-refractivity contribution in [1.82, 2.24) is 15.5 Å². The minimum atomic E-state index is -4.46. The maximum absolute atomic E-state index is 14.4. The standard InChI is InChI=1S/C29H36F4N4O/c1-19-10-11-21(17-25(19)30)26-18-24(9-5-6-16-37(26)2)35-28(34-23-7-3-4-8-23)36-27(38)20-12-14-22(15-13-20)29(31,32)33/h10-15,17,23-24,26H,3-9,16,18H2,1-2H3,(H2,34,35,36,38). The number of hydrogen-bond acceptors (Lipinski definition) is 3. The second-order valence-corrected chi connectivity index (χ2v) is 10.5. The second kappa shape index (κ2) is 12.3. The predicted octanol–water partition coefficient (Wildman–Crippen LogP) is 6.39. The SMILES string of the molecule is Cc1ccc(C2CC(NC(=NC3CCCC3)NC(=O)c3ccc(C(F)(F)F)cc3)CCCCN2C)cc1F. The molecule has 0 spiro atoms. The van der Waals surface area contributed by atoms with E-state index in [4.69, 9.17) is 4.99 Å². The summed E-state index contributed by atoms with van der Waals surface area (Å²) >= 11 is 0. The van der Waals surface area contributed by atoms with Crippen LogP contribution in [0.15, 0.2) is 47.5 Å². The summed E-state index contributed by atoms with van der Waals surface area (Å²) in [7, 11) is 2.05. The van der Waals surface area contributed by atoms with Gasteiger partial charge in [-0.15, -0.1) is 0 Å². The summed E-state index contributed by atoms with van der Waals surface area (Å²) in [6, 6.07) is 9.60. The number of carbonyl (C=O) groups is 1. The first-order valence-corrected chi connectivity index (χ1v) is 13.4. The molecule has 1 heterocycles. The summed E-state index contributed by atoms with van der Waals surface area (Å²) in [6.45, 7) is 2.65. The fourth-order valence-electron chi connectivity index (χ4n) is 5.32. The van der Waals surface area contributed by atoms with Gasteiger partial charge >= 0.3 is 6.18 Å². The van der Waals surface area contributed by atoms with Gasteiger partial charge in [-0.05, 0) is 94.1 Å². The smallest absolute Gasteiger partial charge is 0.353 e. The molecular formula is C29H36F4N4O. The number of halogens is 4. The Balaban J connectivity index is 1.53. The lowest BCUT2D eigenvalue weighted by Gasteiger charge is -2.35. The molecule has 38 heavy (non-hydrogen) atoms. The monoisotopic (exact) mass is 532 g/mol. The molecule has 1 saturated carbocycles. The van der Waals surface area contributed by atoms with Gasteiger partial charge in [0.25, 0.3) is 5.91 Å². The number of aryl methyl sites for hydroxylation is 1. The van der Waals surface area contributed by atoms with Crippen LogP contribution in [-0.2, 0) is 6.18 Å². The minimum Gasteiger partial charge on any atom is -0.353 e. The van der Waals surface area contributed by atoms with E-state index in [2.05, 4.69) is 15.5 Å². The number of amides is 1. The van der Waals surface area contributed by atoms with Gasteiger partial charge in [0.2, 0.25) is 0 Å². The summed E-state index contributed by atoms with van der Waals surface area (Å²) in [5.41, 5.74) is 0.842. The highest BCUT2D eigenvalue weighted by atomic mass is 19.4. The molecule has 206 valence electrons. The third-order valence-electron chi connectivity index (χ3n) is 7.62. The summed E-state index contributed by atoms with van der Waals surface area (Å²) < 4.78 is 53.3. The summed E-state index contributed by atoms with van der Waals surface area (Å²) in [6.07, 6.45) is 3.07. The molecule has 1 aliphatic heterocycles. The molecule has 2 atom stereocenters. The molecule has 2 fully saturated rings. The van der Waals surface area contributed by atoms with Crippen molar-refractivity contribution in [1.29, 1.82) is 0 Å². The third kappa shape index (κ3) is 7.34. The molecule has 1 amide bonds. The molecule has 2 aromatic rings. The zero-order valence-electron chi connectivity index (χ0n) is 22.0. The zero-order valence-corrected chi connectivity index (χ0v) is 22.0. The largest absolute Gasteiger partial charge is 0.416 e. The normalized spacial score (nSPS) is 22.1. The van der Waals surface area contributed by atoms with Crippen LogP contribution in [0.2, 0.25) is 0 Å². The molecule has 2 unspecified atom stereocenters. The zero-order chi connectivity index (χ0) is 27.3. The summed E-state index contributed by atoms with van der Waals surface area (Å²) in [5.74, 6) is -0.387. The van der Waals surface area contributed by atoms with E-state index in [9.17, 15) is 22.4 Å². The molecular weight excluding hydrogens is 496 g/mol. The van der Waals surface area contributed by atoms with Crippen LogP contribution in [0.4, 0.5) is 17.6 Å². The first-order valence-electron chi connectivity index (χ1n) is 13.4. The molecule has 1 aliphatic carbocycles. The molecule has 2 aliphatic rings. The van der Waals surface area contributed by atoms with Crippen molar-refractivity contribution < 1.29 is 22.4 Å². The van der Waals surface area contributed by atoms with E-state index in [0.29, 0.717) is 17.9 Å². The fourth-order valence-corrected chi connectivity index (χ4v) is 5.32. The Morgan fingerprint density at radius 2 is 1.68 bits per heavy atom. The van der Waals surface area contributed by atoms with Crippen molar-refractivity contribution in [3.05, 3.63) is 70.5 Å². The van der Waals surface area contributed by atoms with Crippen LogP contribution in [0.3, 0.4) is 0 Å². The van der Waals surface area contributed by atoms with E-state index in [1.54, 1.807) is 19.1 Å². The molecule has 0 radical (unpaired) electrons. The molecule has 1 saturated heterocycles. The van der Waals surface area contributed by atoms with Gasteiger partial charge in [0.15, 0.2) is 5.96 Å². The summed E-state index contributed by atoms with van der Waals surface area (Å²) in [4.78, 5) is 20.0. The van der Waals surface area contributed by atoms with Crippen LogP contribution in [0.1, 0.15) is 84.5 Å². The van der Waals surface area contributed by atoms with Gasteiger partial charge in [-0.2, -0.15) is 13.2 Å². The lowest BCUT2D eigenvalue weighted by Crippen LogP contribution is -2.48. The van der Waals surface area contributed by atoms with Gasteiger partial charge in [-0.3, -0.25) is 15.0 Å². The van der Waals surface area contributed by atoms with E-state index in [-0.39, 0.29) is 29.5 Å². The van der Waals surface area contributed by atoms with E-state index < -0.39 is 17.6 Å². The number of hydrogen-bond donors (Lipinski definition) is 2. The lowest BCUT2D eigenvalue weighted by atomic mass is 9.92. The van der Waals surface area contributed by atoms with Crippen molar-refractivity contribution in [2.45, 2.75) is 82.6 Å². The van der Waals surface area contributed by atoms with Gasteiger partial charge in [0.1, 0.15) is 5.82 Å². The minimum absolute atomic E-state index is 0.0127. The summed E-state index contributed by atoms with van der Waals surface area (Å²) in [5, 5.41) is 6.28. The number of alkyl halides is 3. The molecule has 5 nitrogen and oxygen atoms in total. The number of likely N-dealkylation sites (tertiary alicyclic amines) is 1. The average Bonchev–Trinajstić information content (AvgIpc) is 3.38. The molecule has 9 heteroatoms. The van der Waals surface area contributed by atoms with Crippen LogP contribution < -0.4 is 10.6 Å². The van der Waals surface area contributed by atoms with Gasteiger partial charge in [-0.25, -0.2) is 9.38 Å².